The zero-order valence-electron chi connectivity index (χ0n) is 15.6. The summed E-state index contributed by atoms with van der Waals surface area (Å²) in [6.07, 6.45) is 0.353. The number of hydrogen-bond donors (Lipinski definition) is 1. The van der Waals surface area contributed by atoms with E-state index in [1.807, 2.05) is 44.3 Å². The third kappa shape index (κ3) is 4.11. The van der Waals surface area contributed by atoms with Gasteiger partial charge in [0.05, 0.1) is 18.9 Å². The van der Waals surface area contributed by atoms with E-state index in [4.69, 9.17) is 4.74 Å². The van der Waals surface area contributed by atoms with Crippen molar-refractivity contribution in [3.05, 3.63) is 51.9 Å². The Morgan fingerprint density at radius 1 is 1.15 bits per heavy atom. The normalized spacial score (nSPS) is 14.2. The van der Waals surface area contributed by atoms with Gasteiger partial charge in [0.15, 0.2) is 0 Å². The molecule has 0 saturated carbocycles. The van der Waals surface area contributed by atoms with Crippen LogP contribution in [0.5, 0.6) is 0 Å². The molecule has 1 saturated heterocycles. The second kappa shape index (κ2) is 8.22. The van der Waals surface area contributed by atoms with Gasteiger partial charge in [0, 0.05) is 37.8 Å². The number of urea groups is 1. The molecule has 0 unspecified atom stereocenters. The molecule has 1 aromatic heterocycles. The lowest BCUT2D eigenvalue weighted by Crippen LogP contribution is -2.48. The van der Waals surface area contributed by atoms with Crippen molar-refractivity contribution in [1.29, 1.82) is 0 Å². The molecule has 144 valence electrons. The van der Waals surface area contributed by atoms with Gasteiger partial charge in [-0.25, -0.2) is 9.48 Å². The molecule has 1 aliphatic heterocycles. The average molecular weight is 372 g/mol. The van der Waals surface area contributed by atoms with Crippen molar-refractivity contribution in [1.82, 2.24) is 19.6 Å². The van der Waals surface area contributed by atoms with Crippen molar-refractivity contribution < 1.29 is 14.3 Å². The molecule has 2 heterocycles. The van der Waals surface area contributed by atoms with E-state index in [0.717, 1.165) is 11.4 Å². The number of amides is 3. The van der Waals surface area contributed by atoms with E-state index >= 15 is 0 Å². The Labute approximate surface area is 157 Å². The molecule has 0 bridgehead atoms. The number of nitrogens with one attached hydrogen (secondary N) is 1. The number of nitrogens with zero attached hydrogens (tertiary/aromatic N) is 3. The van der Waals surface area contributed by atoms with Crippen LogP contribution >= 0.6 is 0 Å². The highest BCUT2D eigenvalue weighted by Crippen LogP contribution is 2.11. The van der Waals surface area contributed by atoms with E-state index < -0.39 is 6.03 Å². The zero-order valence-corrected chi connectivity index (χ0v) is 15.6. The molecule has 27 heavy (non-hydrogen) atoms. The van der Waals surface area contributed by atoms with Crippen LogP contribution in [-0.2, 0) is 23.0 Å². The van der Waals surface area contributed by atoms with E-state index in [1.165, 1.54) is 0 Å². The van der Waals surface area contributed by atoms with Crippen LogP contribution in [0.15, 0.2) is 35.1 Å². The second-order valence-electron chi connectivity index (χ2n) is 6.49. The van der Waals surface area contributed by atoms with E-state index in [9.17, 15) is 14.4 Å². The standard InChI is InChI=1S/C19H24N4O4/c1-14-16(18(25)23(21(14)2)15-6-4-3-5-7-15)8-9-17(24)20-19(26)22-10-12-27-13-11-22/h3-7H,8-13H2,1-2H3,(H,20,24,26). The summed E-state index contributed by atoms with van der Waals surface area (Å²) in [5, 5.41) is 2.39. The zero-order chi connectivity index (χ0) is 19.4. The molecule has 8 heteroatoms. The summed E-state index contributed by atoms with van der Waals surface area (Å²) in [4.78, 5) is 38.6. The first-order valence-electron chi connectivity index (χ1n) is 8.98. The summed E-state index contributed by atoms with van der Waals surface area (Å²) in [5.41, 5.74) is 2.01. The molecule has 3 rings (SSSR count). The van der Waals surface area contributed by atoms with Crippen LogP contribution in [0.1, 0.15) is 17.7 Å². The summed E-state index contributed by atoms with van der Waals surface area (Å²) in [6, 6.07) is 8.94. The molecule has 3 amide bonds. The average Bonchev–Trinajstić information content (AvgIpc) is 2.90. The fraction of sp³-hybridized carbons (Fsp3) is 0.421. The fourth-order valence-corrected chi connectivity index (χ4v) is 3.18. The van der Waals surface area contributed by atoms with E-state index in [-0.39, 0.29) is 24.3 Å². The maximum absolute atomic E-state index is 12.8. The Kier molecular flexibility index (Phi) is 5.75. The largest absolute Gasteiger partial charge is 0.378 e. The van der Waals surface area contributed by atoms with Crippen molar-refractivity contribution in [3.8, 4) is 5.69 Å². The van der Waals surface area contributed by atoms with Crippen molar-refractivity contribution in [3.63, 3.8) is 0 Å². The highest BCUT2D eigenvalue weighted by Gasteiger charge is 2.20. The molecule has 1 N–H and O–H groups in total. The van der Waals surface area contributed by atoms with Crippen molar-refractivity contribution >= 4 is 11.9 Å². The molecule has 0 spiro atoms. The van der Waals surface area contributed by atoms with Crippen LogP contribution in [0, 0.1) is 6.92 Å². The topological polar surface area (TPSA) is 85.6 Å². The van der Waals surface area contributed by atoms with Gasteiger partial charge in [-0.2, -0.15) is 0 Å². The summed E-state index contributed by atoms with van der Waals surface area (Å²) in [5.74, 6) is -0.389. The number of benzene rings is 1. The molecule has 1 fully saturated rings. The van der Waals surface area contributed by atoms with Crippen LogP contribution in [-0.4, -0.2) is 52.5 Å². The van der Waals surface area contributed by atoms with Gasteiger partial charge in [0.1, 0.15) is 0 Å². The first kappa shape index (κ1) is 18.9. The summed E-state index contributed by atoms with van der Waals surface area (Å²) in [6.45, 7) is 3.75. The van der Waals surface area contributed by atoms with Gasteiger partial charge in [-0.1, -0.05) is 18.2 Å². The van der Waals surface area contributed by atoms with Gasteiger partial charge in [0.25, 0.3) is 5.56 Å². The Hall–Kier alpha value is -2.87. The number of ether oxygens (including phenoxy) is 1. The number of para-hydroxylation sites is 1. The van der Waals surface area contributed by atoms with Crippen molar-refractivity contribution in [2.75, 3.05) is 26.3 Å². The first-order valence-corrected chi connectivity index (χ1v) is 8.98. The van der Waals surface area contributed by atoms with Gasteiger partial charge in [0.2, 0.25) is 5.91 Å². The number of morpholine rings is 1. The van der Waals surface area contributed by atoms with Crippen LogP contribution in [0.4, 0.5) is 4.79 Å². The summed E-state index contributed by atoms with van der Waals surface area (Å²) < 4.78 is 8.56. The van der Waals surface area contributed by atoms with Crippen LogP contribution in [0.2, 0.25) is 0 Å². The van der Waals surface area contributed by atoms with Gasteiger partial charge in [-0.15, -0.1) is 0 Å². The minimum Gasteiger partial charge on any atom is -0.378 e. The van der Waals surface area contributed by atoms with E-state index in [0.29, 0.717) is 31.9 Å². The van der Waals surface area contributed by atoms with Gasteiger partial charge >= 0.3 is 6.03 Å². The Balaban J connectivity index is 1.67. The van der Waals surface area contributed by atoms with Crippen molar-refractivity contribution in [2.45, 2.75) is 19.8 Å². The third-order valence-corrected chi connectivity index (χ3v) is 4.82. The summed E-state index contributed by atoms with van der Waals surface area (Å²) in [7, 11) is 1.81. The number of imide groups is 1. The first-order chi connectivity index (χ1) is 13.0. The number of aromatic nitrogens is 2. The molecule has 2 aromatic rings. The smallest absolute Gasteiger partial charge is 0.324 e. The molecule has 0 aliphatic carbocycles. The predicted octanol–water partition coefficient (Wildman–Crippen LogP) is 0.985. The maximum Gasteiger partial charge on any atom is 0.324 e. The Morgan fingerprint density at radius 2 is 1.81 bits per heavy atom. The van der Waals surface area contributed by atoms with Gasteiger partial charge < -0.3 is 9.64 Å². The molecule has 0 radical (unpaired) electrons. The molecule has 1 aliphatic rings. The fourth-order valence-electron chi connectivity index (χ4n) is 3.18. The van der Waals surface area contributed by atoms with Crippen molar-refractivity contribution in [2.24, 2.45) is 7.05 Å². The third-order valence-electron chi connectivity index (χ3n) is 4.82. The van der Waals surface area contributed by atoms with Gasteiger partial charge in [-0.05, 0) is 25.5 Å². The van der Waals surface area contributed by atoms with Crippen LogP contribution in [0.25, 0.3) is 5.69 Å². The van der Waals surface area contributed by atoms with Crippen LogP contribution in [0.3, 0.4) is 0 Å². The minimum absolute atomic E-state index is 0.0744. The van der Waals surface area contributed by atoms with E-state index in [1.54, 1.807) is 14.3 Å². The molecule has 0 atom stereocenters. The summed E-state index contributed by atoms with van der Waals surface area (Å²) >= 11 is 0. The number of hydrogen-bond acceptors (Lipinski definition) is 4. The molecular formula is C19H24N4O4. The predicted molar refractivity (Wildman–Crippen MR) is 100.0 cm³/mol. The minimum atomic E-state index is -0.408. The number of carbonyl (C=O) groups excluding carboxylic acids is 2. The maximum atomic E-state index is 12.8. The number of rotatable bonds is 4. The molecular weight excluding hydrogens is 348 g/mol. The Morgan fingerprint density at radius 3 is 2.48 bits per heavy atom. The molecule has 8 nitrogen and oxygen atoms in total. The van der Waals surface area contributed by atoms with Gasteiger partial charge in [-0.3, -0.25) is 19.6 Å². The monoisotopic (exact) mass is 372 g/mol. The Bertz CT molecular complexity index is 879. The highest BCUT2D eigenvalue weighted by atomic mass is 16.5. The van der Waals surface area contributed by atoms with Crippen LogP contribution < -0.4 is 10.9 Å². The lowest BCUT2D eigenvalue weighted by molar-refractivity contribution is -0.120. The molecule has 1 aromatic carbocycles. The quantitative estimate of drug-likeness (QED) is 0.867. The van der Waals surface area contributed by atoms with E-state index in [2.05, 4.69) is 5.32 Å². The highest BCUT2D eigenvalue weighted by molar-refractivity contribution is 5.94. The SMILES string of the molecule is Cc1c(CCC(=O)NC(=O)N2CCOCC2)c(=O)n(-c2ccccc2)n1C. The lowest BCUT2D eigenvalue weighted by Gasteiger charge is -2.26. The second-order valence-corrected chi connectivity index (χ2v) is 6.49. The number of carbonyl (C=O) groups is 2. The lowest BCUT2D eigenvalue weighted by atomic mass is 10.1.